The summed E-state index contributed by atoms with van der Waals surface area (Å²) in [6.07, 6.45) is -0.457. The first-order valence-corrected chi connectivity index (χ1v) is 5.61. The van der Waals surface area contributed by atoms with Gasteiger partial charge in [-0.05, 0) is 12.1 Å². The number of methoxy groups -OCH3 is 1. The van der Waals surface area contributed by atoms with Crippen LogP contribution in [-0.2, 0) is 0 Å². The smallest absolute Gasteiger partial charge is 0.252 e. The summed E-state index contributed by atoms with van der Waals surface area (Å²) < 4.78 is 30.3. The highest BCUT2D eigenvalue weighted by Crippen LogP contribution is 2.39. The van der Waals surface area contributed by atoms with Crippen LogP contribution in [0.5, 0.6) is 5.75 Å². The van der Waals surface area contributed by atoms with Gasteiger partial charge in [-0.3, -0.25) is 0 Å². The third-order valence-corrected chi connectivity index (χ3v) is 2.73. The fraction of sp³-hybridized carbons (Fsp3) is 0.417. The standard InChI is InChI=1S/C12H15F2N3O/c1-18-10-4-2-3-8(5-10)16-11(15)17-9-6-12(13,14)7-9/h2-5,9H,6-7H2,1H3,(H3,15,16,17). The lowest BCUT2D eigenvalue weighted by molar-refractivity contribution is -0.0834. The van der Waals surface area contributed by atoms with Gasteiger partial charge in [0.25, 0.3) is 5.92 Å². The molecule has 0 aromatic heterocycles. The predicted molar refractivity (Wildman–Crippen MR) is 66.2 cm³/mol. The summed E-state index contributed by atoms with van der Waals surface area (Å²) in [6, 6.07) is 6.74. The second-order valence-electron chi connectivity index (χ2n) is 4.29. The number of halogens is 2. The van der Waals surface area contributed by atoms with Crippen LogP contribution in [0.15, 0.2) is 29.3 Å². The Morgan fingerprint density at radius 2 is 2.22 bits per heavy atom. The van der Waals surface area contributed by atoms with Crippen molar-refractivity contribution in [1.29, 1.82) is 0 Å². The lowest BCUT2D eigenvalue weighted by Crippen LogP contribution is -2.40. The molecule has 3 N–H and O–H groups in total. The zero-order chi connectivity index (χ0) is 13.2. The summed E-state index contributed by atoms with van der Waals surface area (Å²) in [6.45, 7) is 0. The molecule has 0 atom stereocenters. The molecule has 0 unspecified atom stereocenters. The van der Waals surface area contributed by atoms with E-state index in [1.54, 1.807) is 31.4 Å². The molecule has 4 nitrogen and oxygen atoms in total. The number of hydrogen-bond donors (Lipinski definition) is 2. The molecule has 1 saturated carbocycles. The van der Waals surface area contributed by atoms with Gasteiger partial charge in [-0.15, -0.1) is 0 Å². The molecule has 1 aromatic carbocycles. The van der Waals surface area contributed by atoms with Gasteiger partial charge in [0, 0.05) is 24.6 Å². The minimum atomic E-state index is -2.58. The third-order valence-electron chi connectivity index (χ3n) is 2.73. The second kappa shape index (κ2) is 4.80. The molecular formula is C12H15F2N3O. The van der Waals surface area contributed by atoms with Crippen LogP contribution in [0, 0.1) is 0 Å². The molecule has 2 rings (SSSR count). The lowest BCUT2D eigenvalue weighted by Gasteiger charge is -2.32. The number of benzene rings is 1. The number of nitrogens with zero attached hydrogens (tertiary/aromatic N) is 1. The number of nitrogens with one attached hydrogen (secondary N) is 1. The Balaban J connectivity index is 1.94. The Labute approximate surface area is 104 Å². The Kier molecular flexibility index (Phi) is 3.36. The average molecular weight is 255 g/mol. The SMILES string of the molecule is COc1cccc(NC(N)=NC2CC(F)(F)C2)c1. The molecule has 0 amide bonds. The number of rotatable bonds is 3. The van der Waals surface area contributed by atoms with E-state index in [2.05, 4.69) is 10.3 Å². The van der Waals surface area contributed by atoms with Crippen molar-refractivity contribution in [2.75, 3.05) is 12.4 Å². The quantitative estimate of drug-likeness (QED) is 0.643. The fourth-order valence-corrected chi connectivity index (χ4v) is 1.80. The van der Waals surface area contributed by atoms with E-state index in [9.17, 15) is 8.78 Å². The van der Waals surface area contributed by atoms with E-state index < -0.39 is 12.0 Å². The molecule has 0 radical (unpaired) electrons. The first-order valence-electron chi connectivity index (χ1n) is 5.61. The molecule has 0 spiro atoms. The average Bonchev–Trinajstić information content (AvgIpc) is 2.26. The molecule has 1 fully saturated rings. The number of ether oxygens (including phenoxy) is 1. The number of alkyl halides is 2. The molecule has 0 bridgehead atoms. The van der Waals surface area contributed by atoms with Crippen molar-refractivity contribution in [1.82, 2.24) is 0 Å². The van der Waals surface area contributed by atoms with Gasteiger partial charge in [0.2, 0.25) is 0 Å². The van der Waals surface area contributed by atoms with E-state index in [1.165, 1.54) is 0 Å². The molecule has 98 valence electrons. The van der Waals surface area contributed by atoms with Crippen LogP contribution in [0.1, 0.15) is 12.8 Å². The Hall–Kier alpha value is -1.85. The molecule has 1 aromatic rings. The van der Waals surface area contributed by atoms with Crippen LogP contribution >= 0.6 is 0 Å². The zero-order valence-corrected chi connectivity index (χ0v) is 9.99. The van der Waals surface area contributed by atoms with Crippen LogP contribution in [0.2, 0.25) is 0 Å². The molecular weight excluding hydrogens is 240 g/mol. The molecule has 0 saturated heterocycles. The maximum atomic E-state index is 12.6. The van der Waals surface area contributed by atoms with E-state index in [1.807, 2.05) is 0 Å². The second-order valence-corrected chi connectivity index (χ2v) is 4.29. The normalized spacial score (nSPS) is 19.2. The summed E-state index contributed by atoms with van der Waals surface area (Å²) in [5.41, 5.74) is 6.36. The van der Waals surface area contributed by atoms with Crippen molar-refractivity contribution >= 4 is 11.6 Å². The van der Waals surface area contributed by atoms with Gasteiger partial charge in [0.05, 0.1) is 13.2 Å². The Morgan fingerprint density at radius 1 is 1.50 bits per heavy atom. The number of hydrogen-bond acceptors (Lipinski definition) is 2. The molecule has 0 aliphatic heterocycles. The molecule has 6 heteroatoms. The van der Waals surface area contributed by atoms with Gasteiger partial charge < -0.3 is 15.8 Å². The minimum absolute atomic E-state index is 0.142. The van der Waals surface area contributed by atoms with E-state index in [0.717, 1.165) is 0 Å². The third kappa shape index (κ3) is 3.09. The predicted octanol–water partition coefficient (Wildman–Crippen LogP) is 2.22. The van der Waals surface area contributed by atoms with Crippen molar-refractivity contribution < 1.29 is 13.5 Å². The summed E-state index contributed by atoms with van der Waals surface area (Å²) in [5.74, 6) is -1.75. The van der Waals surface area contributed by atoms with Crippen LogP contribution in [0.3, 0.4) is 0 Å². The van der Waals surface area contributed by atoms with Gasteiger partial charge in [0.15, 0.2) is 5.96 Å². The van der Waals surface area contributed by atoms with E-state index in [-0.39, 0.29) is 18.8 Å². The highest BCUT2D eigenvalue weighted by atomic mass is 19.3. The van der Waals surface area contributed by atoms with E-state index in [0.29, 0.717) is 11.4 Å². The Morgan fingerprint density at radius 3 is 2.83 bits per heavy atom. The van der Waals surface area contributed by atoms with Crippen LogP contribution in [-0.4, -0.2) is 25.0 Å². The number of guanidine groups is 1. The Bertz CT molecular complexity index is 454. The summed E-state index contributed by atoms with van der Waals surface area (Å²) in [4.78, 5) is 3.99. The van der Waals surface area contributed by atoms with Gasteiger partial charge in [-0.2, -0.15) is 0 Å². The number of nitrogens with two attached hydrogens (primary N) is 1. The molecule has 18 heavy (non-hydrogen) atoms. The van der Waals surface area contributed by atoms with Crippen LogP contribution in [0.4, 0.5) is 14.5 Å². The van der Waals surface area contributed by atoms with Gasteiger partial charge in [-0.1, -0.05) is 6.07 Å². The first kappa shape index (κ1) is 12.6. The van der Waals surface area contributed by atoms with Gasteiger partial charge in [0.1, 0.15) is 5.75 Å². The first-order chi connectivity index (χ1) is 8.48. The maximum absolute atomic E-state index is 12.6. The largest absolute Gasteiger partial charge is 0.497 e. The fourth-order valence-electron chi connectivity index (χ4n) is 1.80. The summed E-state index contributed by atoms with van der Waals surface area (Å²) in [7, 11) is 1.56. The summed E-state index contributed by atoms with van der Waals surface area (Å²) >= 11 is 0. The topological polar surface area (TPSA) is 59.6 Å². The van der Waals surface area contributed by atoms with Crippen LogP contribution < -0.4 is 15.8 Å². The number of anilines is 1. The summed E-state index contributed by atoms with van der Waals surface area (Å²) in [5, 5.41) is 2.85. The number of aliphatic imine (C=N–C) groups is 1. The van der Waals surface area contributed by atoms with Crippen molar-refractivity contribution in [3.8, 4) is 5.75 Å². The highest BCUT2D eigenvalue weighted by molar-refractivity contribution is 5.92. The van der Waals surface area contributed by atoms with Crippen molar-refractivity contribution in [2.24, 2.45) is 10.7 Å². The zero-order valence-electron chi connectivity index (χ0n) is 9.99. The van der Waals surface area contributed by atoms with E-state index >= 15 is 0 Å². The maximum Gasteiger partial charge on any atom is 0.252 e. The molecule has 0 heterocycles. The minimum Gasteiger partial charge on any atom is -0.497 e. The van der Waals surface area contributed by atoms with Crippen molar-refractivity contribution in [2.45, 2.75) is 24.8 Å². The van der Waals surface area contributed by atoms with Crippen LogP contribution in [0.25, 0.3) is 0 Å². The van der Waals surface area contributed by atoms with Crippen molar-refractivity contribution in [3.05, 3.63) is 24.3 Å². The van der Waals surface area contributed by atoms with Crippen molar-refractivity contribution in [3.63, 3.8) is 0 Å². The lowest BCUT2D eigenvalue weighted by atomic mass is 9.89. The monoisotopic (exact) mass is 255 g/mol. The highest BCUT2D eigenvalue weighted by Gasteiger charge is 2.45. The van der Waals surface area contributed by atoms with Gasteiger partial charge in [-0.25, -0.2) is 13.8 Å². The molecule has 1 aliphatic rings. The van der Waals surface area contributed by atoms with Gasteiger partial charge >= 0.3 is 0 Å². The van der Waals surface area contributed by atoms with E-state index in [4.69, 9.17) is 10.5 Å². The molecule has 1 aliphatic carbocycles.